The first-order chi connectivity index (χ1) is 9.27. The SMILES string of the molecule is O=C(Cc1ccc(Cl)c(Cl)c1)c1cnc(C(F)(F)F)s1. The highest BCUT2D eigenvalue weighted by Crippen LogP contribution is 2.33. The molecule has 2 aromatic rings. The fourth-order valence-corrected chi connectivity index (χ4v) is 2.50. The van der Waals surface area contributed by atoms with Crippen LogP contribution in [0.2, 0.25) is 10.0 Å². The number of hydrogen-bond acceptors (Lipinski definition) is 3. The topological polar surface area (TPSA) is 30.0 Å². The highest BCUT2D eigenvalue weighted by atomic mass is 35.5. The standard InChI is InChI=1S/C12H6Cl2F3NOS/c13-7-2-1-6(3-8(7)14)4-9(19)10-5-18-11(20-10)12(15,16)17/h1-3,5H,4H2. The quantitative estimate of drug-likeness (QED) is 0.745. The van der Waals surface area contributed by atoms with Crippen molar-refractivity contribution in [1.29, 1.82) is 0 Å². The summed E-state index contributed by atoms with van der Waals surface area (Å²) >= 11 is 11.9. The molecule has 0 saturated heterocycles. The van der Waals surface area contributed by atoms with Crippen molar-refractivity contribution < 1.29 is 18.0 Å². The van der Waals surface area contributed by atoms with Crippen LogP contribution in [0.1, 0.15) is 20.2 Å². The van der Waals surface area contributed by atoms with Crippen molar-refractivity contribution in [3.63, 3.8) is 0 Å². The van der Waals surface area contributed by atoms with E-state index >= 15 is 0 Å². The number of carbonyl (C=O) groups is 1. The second-order valence-electron chi connectivity index (χ2n) is 3.88. The molecule has 0 fully saturated rings. The van der Waals surface area contributed by atoms with Crippen LogP contribution >= 0.6 is 34.5 Å². The first-order valence-corrected chi connectivity index (χ1v) is 6.85. The summed E-state index contributed by atoms with van der Waals surface area (Å²) in [6.45, 7) is 0. The van der Waals surface area contributed by atoms with Crippen LogP contribution in [0.5, 0.6) is 0 Å². The lowest BCUT2D eigenvalue weighted by molar-refractivity contribution is -0.137. The first kappa shape index (κ1) is 15.3. The number of rotatable bonds is 3. The van der Waals surface area contributed by atoms with E-state index in [0.717, 1.165) is 6.20 Å². The van der Waals surface area contributed by atoms with Crippen molar-refractivity contribution in [2.75, 3.05) is 0 Å². The average Bonchev–Trinajstić information content (AvgIpc) is 2.83. The van der Waals surface area contributed by atoms with E-state index in [-0.39, 0.29) is 16.3 Å². The van der Waals surface area contributed by atoms with Crippen LogP contribution in [0.3, 0.4) is 0 Å². The van der Waals surface area contributed by atoms with E-state index in [1.54, 1.807) is 6.07 Å². The van der Waals surface area contributed by atoms with Crippen molar-refractivity contribution in [2.45, 2.75) is 12.6 Å². The van der Waals surface area contributed by atoms with Gasteiger partial charge in [0.05, 0.1) is 14.9 Å². The van der Waals surface area contributed by atoms with Gasteiger partial charge in [-0.25, -0.2) is 4.98 Å². The van der Waals surface area contributed by atoms with Gasteiger partial charge in [0.1, 0.15) is 0 Å². The van der Waals surface area contributed by atoms with E-state index in [0.29, 0.717) is 21.9 Å². The summed E-state index contributed by atoms with van der Waals surface area (Å²) in [7, 11) is 0. The molecule has 0 aliphatic heterocycles. The zero-order valence-corrected chi connectivity index (χ0v) is 12.0. The molecule has 1 aromatic heterocycles. The minimum atomic E-state index is -4.53. The smallest absolute Gasteiger partial charge is 0.293 e. The minimum absolute atomic E-state index is 0.0385. The molecule has 2 nitrogen and oxygen atoms in total. The molecular weight excluding hydrogens is 334 g/mol. The number of aromatic nitrogens is 1. The summed E-state index contributed by atoms with van der Waals surface area (Å²) in [6, 6.07) is 4.63. The van der Waals surface area contributed by atoms with Gasteiger partial charge in [0, 0.05) is 12.6 Å². The number of alkyl halides is 3. The summed E-state index contributed by atoms with van der Waals surface area (Å²) in [5, 5.41) is -0.396. The van der Waals surface area contributed by atoms with Crippen LogP contribution in [0.15, 0.2) is 24.4 Å². The number of thiazole rings is 1. The summed E-state index contributed by atoms with van der Waals surface area (Å²) < 4.78 is 37.2. The van der Waals surface area contributed by atoms with Gasteiger partial charge in [0.15, 0.2) is 10.8 Å². The van der Waals surface area contributed by atoms with Gasteiger partial charge < -0.3 is 0 Å². The Labute approximate surface area is 126 Å². The van der Waals surface area contributed by atoms with E-state index in [2.05, 4.69) is 4.98 Å². The molecule has 0 unspecified atom stereocenters. The maximum Gasteiger partial charge on any atom is 0.443 e. The van der Waals surface area contributed by atoms with E-state index < -0.39 is 17.0 Å². The molecule has 0 radical (unpaired) electrons. The number of Topliss-reactive ketones (excluding diaryl/α,β-unsaturated/α-hetero) is 1. The molecule has 1 heterocycles. The van der Waals surface area contributed by atoms with Gasteiger partial charge in [-0.15, -0.1) is 11.3 Å². The molecule has 2 rings (SSSR count). The highest BCUT2D eigenvalue weighted by Gasteiger charge is 2.35. The molecule has 8 heteroatoms. The lowest BCUT2D eigenvalue weighted by Gasteiger charge is -2.01. The predicted molar refractivity (Wildman–Crippen MR) is 71.6 cm³/mol. The molecular formula is C12H6Cl2F3NOS. The van der Waals surface area contributed by atoms with Gasteiger partial charge in [-0.05, 0) is 17.7 Å². The number of ketones is 1. The van der Waals surface area contributed by atoms with Gasteiger partial charge in [-0.2, -0.15) is 13.2 Å². The Bertz CT molecular complexity index is 654. The van der Waals surface area contributed by atoms with Crippen LogP contribution in [0, 0.1) is 0 Å². The minimum Gasteiger partial charge on any atom is -0.293 e. The second kappa shape index (κ2) is 5.71. The molecule has 0 saturated carbocycles. The van der Waals surface area contributed by atoms with Gasteiger partial charge in [-0.1, -0.05) is 29.3 Å². The van der Waals surface area contributed by atoms with Crippen molar-refractivity contribution in [3.8, 4) is 0 Å². The molecule has 0 bridgehead atoms. The summed E-state index contributed by atoms with van der Waals surface area (Å²) in [5.41, 5.74) is 0.575. The van der Waals surface area contributed by atoms with Crippen molar-refractivity contribution in [1.82, 2.24) is 4.98 Å². The Hall–Kier alpha value is -1.11. The largest absolute Gasteiger partial charge is 0.443 e. The maximum atomic E-state index is 12.4. The van der Waals surface area contributed by atoms with Crippen molar-refractivity contribution in [3.05, 3.63) is 49.9 Å². The van der Waals surface area contributed by atoms with Crippen LogP contribution in [-0.2, 0) is 12.6 Å². The molecule has 106 valence electrons. The van der Waals surface area contributed by atoms with Crippen LogP contribution in [0.4, 0.5) is 13.2 Å². The Morgan fingerprint density at radius 3 is 2.50 bits per heavy atom. The number of hydrogen-bond donors (Lipinski definition) is 0. The molecule has 0 aliphatic carbocycles. The molecule has 0 N–H and O–H groups in total. The van der Waals surface area contributed by atoms with Crippen LogP contribution in [0.25, 0.3) is 0 Å². The predicted octanol–water partition coefficient (Wildman–Crippen LogP) is 4.89. The third-order valence-electron chi connectivity index (χ3n) is 2.37. The summed E-state index contributed by atoms with van der Waals surface area (Å²) in [5.74, 6) is -0.448. The number of nitrogens with zero attached hydrogens (tertiary/aromatic N) is 1. The lowest BCUT2D eigenvalue weighted by atomic mass is 10.1. The fourth-order valence-electron chi connectivity index (χ4n) is 1.46. The number of halogens is 5. The zero-order chi connectivity index (χ0) is 14.9. The van der Waals surface area contributed by atoms with E-state index in [4.69, 9.17) is 23.2 Å². The van der Waals surface area contributed by atoms with Gasteiger partial charge in [0.2, 0.25) is 0 Å². The molecule has 0 aliphatic rings. The zero-order valence-electron chi connectivity index (χ0n) is 9.67. The Morgan fingerprint density at radius 1 is 1.25 bits per heavy atom. The van der Waals surface area contributed by atoms with Crippen LogP contribution in [-0.4, -0.2) is 10.8 Å². The average molecular weight is 340 g/mol. The Balaban J connectivity index is 2.16. The van der Waals surface area contributed by atoms with Gasteiger partial charge >= 0.3 is 6.18 Å². The number of carbonyl (C=O) groups excluding carboxylic acids is 1. The maximum absolute atomic E-state index is 12.4. The van der Waals surface area contributed by atoms with E-state index in [1.165, 1.54) is 12.1 Å². The highest BCUT2D eigenvalue weighted by molar-refractivity contribution is 7.13. The molecule has 20 heavy (non-hydrogen) atoms. The second-order valence-corrected chi connectivity index (χ2v) is 5.72. The third kappa shape index (κ3) is 3.50. The van der Waals surface area contributed by atoms with Crippen LogP contribution < -0.4 is 0 Å². The Morgan fingerprint density at radius 2 is 1.95 bits per heavy atom. The lowest BCUT2D eigenvalue weighted by Crippen LogP contribution is -2.03. The van der Waals surface area contributed by atoms with Crippen molar-refractivity contribution >= 4 is 40.3 Å². The molecule has 0 atom stereocenters. The van der Waals surface area contributed by atoms with Crippen molar-refractivity contribution in [2.24, 2.45) is 0 Å². The molecule has 0 amide bonds. The third-order valence-corrected chi connectivity index (χ3v) is 4.19. The van der Waals surface area contributed by atoms with Gasteiger partial charge in [0.25, 0.3) is 0 Å². The molecule has 1 aromatic carbocycles. The van der Waals surface area contributed by atoms with Gasteiger partial charge in [-0.3, -0.25) is 4.79 Å². The molecule has 0 spiro atoms. The van der Waals surface area contributed by atoms with E-state index in [9.17, 15) is 18.0 Å². The monoisotopic (exact) mass is 339 g/mol. The first-order valence-electron chi connectivity index (χ1n) is 5.27. The summed E-state index contributed by atoms with van der Waals surface area (Å²) in [6.07, 6.45) is -3.66. The normalized spacial score (nSPS) is 11.7. The summed E-state index contributed by atoms with van der Waals surface area (Å²) in [4.78, 5) is 15.0. The van der Waals surface area contributed by atoms with E-state index in [1.807, 2.05) is 0 Å². The Kier molecular flexibility index (Phi) is 4.36. The fraction of sp³-hybridized carbons (Fsp3) is 0.167. The number of benzene rings is 1.